The highest BCUT2D eigenvalue weighted by molar-refractivity contribution is 6.32. The Morgan fingerprint density at radius 1 is 1.00 bits per heavy atom. The number of hydrogen-bond donors (Lipinski definition) is 1. The van der Waals surface area contributed by atoms with E-state index in [0.29, 0.717) is 23.3 Å². The van der Waals surface area contributed by atoms with Crippen LogP contribution in [0.3, 0.4) is 0 Å². The Morgan fingerprint density at radius 3 is 2.57 bits per heavy atom. The molecule has 2 N–H and O–H groups in total. The fourth-order valence-electron chi connectivity index (χ4n) is 2.56. The van der Waals surface area contributed by atoms with Crippen molar-refractivity contribution < 1.29 is 24.3 Å². The molecule has 0 aliphatic carbocycles. The van der Waals surface area contributed by atoms with Crippen LogP contribution < -0.4 is 24.3 Å². The molecule has 0 bridgehead atoms. The summed E-state index contributed by atoms with van der Waals surface area (Å²) in [7, 11) is 3.18. The summed E-state index contributed by atoms with van der Waals surface area (Å²) in [5.41, 5.74) is 2.26. The quantitative estimate of drug-likeness (QED) is 0.879. The normalized spacial score (nSPS) is 12.3. The second-order valence-corrected chi connectivity index (χ2v) is 5.60. The van der Waals surface area contributed by atoms with E-state index in [2.05, 4.69) is 5.32 Å². The first-order valence-corrected chi connectivity index (χ1v) is 7.69. The summed E-state index contributed by atoms with van der Waals surface area (Å²) in [5, 5.41) is 2.74. The monoisotopic (exact) mass is 336 g/mol. The summed E-state index contributed by atoms with van der Waals surface area (Å²) in [4.78, 5) is 0. The van der Waals surface area contributed by atoms with Gasteiger partial charge < -0.3 is 24.3 Å². The summed E-state index contributed by atoms with van der Waals surface area (Å²) in [6.45, 7) is 1.92. The number of halogens is 1. The number of hydrogen-bond acceptors (Lipinski definition) is 4. The first-order valence-electron chi connectivity index (χ1n) is 7.32. The van der Waals surface area contributed by atoms with Crippen LogP contribution in [-0.4, -0.2) is 21.0 Å². The van der Waals surface area contributed by atoms with Gasteiger partial charge in [-0.15, -0.1) is 0 Å². The number of methoxy groups -OCH3 is 2. The van der Waals surface area contributed by atoms with Crippen LogP contribution >= 0.6 is 11.6 Å². The highest BCUT2D eigenvalue weighted by Crippen LogP contribution is 2.36. The van der Waals surface area contributed by atoms with Gasteiger partial charge in [0.15, 0.2) is 23.0 Å². The zero-order chi connectivity index (χ0) is 16.2. The van der Waals surface area contributed by atoms with E-state index in [-0.39, 0.29) is 0 Å². The van der Waals surface area contributed by atoms with E-state index in [1.165, 1.54) is 5.56 Å². The van der Waals surface area contributed by atoms with Gasteiger partial charge in [-0.25, -0.2) is 0 Å². The summed E-state index contributed by atoms with van der Waals surface area (Å²) >= 11 is 6.22. The van der Waals surface area contributed by atoms with Crippen molar-refractivity contribution in [2.75, 3.05) is 21.0 Å². The van der Waals surface area contributed by atoms with Gasteiger partial charge in [0.2, 0.25) is 6.79 Å². The maximum Gasteiger partial charge on any atom is 0.231 e. The van der Waals surface area contributed by atoms with Crippen LogP contribution in [0.25, 0.3) is 0 Å². The van der Waals surface area contributed by atoms with Crippen LogP contribution in [0, 0.1) is 0 Å². The molecule has 5 nitrogen and oxygen atoms in total. The molecule has 0 unspecified atom stereocenters. The Labute approximate surface area is 140 Å². The number of benzene rings is 2. The lowest BCUT2D eigenvalue weighted by Crippen LogP contribution is -2.80. The van der Waals surface area contributed by atoms with Crippen molar-refractivity contribution >= 4 is 11.6 Å². The number of fused-ring (bicyclic) bond motifs is 1. The zero-order valence-corrected chi connectivity index (χ0v) is 13.9. The van der Waals surface area contributed by atoms with E-state index in [1.54, 1.807) is 14.2 Å². The average molecular weight is 337 g/mol. The lowest BCUT2D eigenvalue weighted by atomic mass is 10.1. The van der Waals surface area contributed by atoms with Gasteiger partial charge in [0.1, 0.15) is 13.1 Å². The van der Waals surface area contributed by atoms with Gasteiger partial charge in [-0.2, -0.15) is 0 Å². The van der Waals surface area contributed by atoms with Crippen LogP contribution in [0.4, 0.5) is 0 Å². The first kappa shape index (κ1) is 15.8. The predicted octanol–water partition coefficient (Wildman–Crippen LogP) is 2.35. The van der Waals surface area contributed by atoms with E-state index in [1.807, 2.05) is 30.3 Å². The maximum absolute atomic E-state index is 6.22. The molecular weight excluding hydrogens is 318 g/mol. The van der Waals surface area contributed by atoms with E-state index in [9.17, 15) is 0 Å². The molecule has 0 spiro atoms. The van der Waals surface area contributed by atoms with Crippen LogP contribution in [0.5, 0.6) is 23.0 Å². The predicted molar refractivity (Wildman–Crippen MR) is 86.5 cm³/mol. The van der Waals surface area contributed by atoms with Gasteiger partial charge in [0.25, 0.3) is 0 Å². The number of quaternary nitrogens is 1. The summed E-state index contributed by atoms with van der Waals surface area (Å²) in [5.74, 6) is 2.82. The van der Waals surface area contributed by atoms with Crippen molar-refractivity contribution in [1.29, 1.82) is 0 Å². The molecule has 6 heteroatoms. The Morgan fingerprint density at radius 2 is 1.78 bits per heavy atom. The largest absolute Gasteiger partial charge is 0.493 e. The van der Waals surface area contributed by atoms with E-state index >= 15 is 0 Å². The molecule has 2 aromatic rings. The topological polar surface area (TPSA) is 53.5 Å². The summed E-state index contributed by atoms with van der Waals surface area (Å²) in [6, 6.07) is 9.85. The standard InChI is InChI=1S/C17H18ClNO4/c1-20-16-7-12(5-13(18)17(16)21-2)9-19-8-11-3-4-14-15(6-11)23-10-22-14/h3-7,19H,8-10H2,1-2H3/p+1. The molecule has 0 atom stereocenters. The third-order valence-corrected chi connectivity index (χ3v) is 3.97. The second-order valence-electron chi connectivity index (χ2n) is 5.20. The van der Waals surface area contributed by atoms with Gasteiger partial charge in [0.05, 0.1) is 19.2 Å². The highest BCUT2D eigenvalue weighted by atomic mass is 35.5. The molecule has 3 rings (SSSR count). The van der Waals surface area contributed by atoms with Crippen LogP contribution in [0.2, 0.25) is 5.02 Å². The number of rotatable bonds is 6. The fraction of sp³-hybridized carbons (Fsp3) is 0.294. The molecule has 122 valence electrons. The van der Waals surface area contributed by atoms with Crippen molar-refractivity contribution in [2.45, 2.75) is 13.1 Å². The van der Waals surface area contributed by atoms with Gasteiger partial charge >= 0.3 is 0 Å². The Bertz CT molecular complexity index is 705. The molecule has 1 aliphatic rings. The lowest BCUT2D eigenvalue weighted by molar-refractivity contribution is -0.686. The molecule has 0 saturated carbocycles. The number of nitrogens with two attached hydrogens (primary N) is 1. The number of ether oxygens (including phenoxy) is 4. The van der Waals surface area contributed by atoms with Gasteiger partial charge in [-0.3, -0.25) is 0 Å². The molecule has 0 fully saturated rings. The SMILES string of the molecule is COc1cc(C[NH2+]Cc2ccc3c(c2)OCO3)cc(Cl)c1OC. The summed E-state index contributed by atoms with van der Waals surface area (Å²) < 4.78 is 21.3. The zero-order valence-electron chi connectivity index (χ0n) is 13.1. The summed E-state index contributed by atoms with van der Waals surface area (Å²) in [6.07, 6.45) is 0. The van der Waals surface area contributed by atoms with Gasteiger partial charge in [-0.1, -0.05) is 11.6 Å². The lowest BCUT2D eigenvalue weighted by Gasteiger charge is -2.11. The van der Waals surface area contributed by atoms with Gasteiger partial charge in [-0.05, 0) is 30.3 Å². The van der Waals surface area contributed by atoms with Crippen LogP contribution in [0.15, 0.2) is 30.3 Å². The van der Waals surface area contributed by atoms with Crippen LogP contribution in [-0.2, 0) is 13.1 Å². The molecule has 0 radical (unpaired) electrons. The molecule has 0 amide bonds. The molecule has 0 saturated heterocycles. The van der Waals surface area contributed by atoms with Crippen molar-refractivity contribution in [3.05, 3.63) is 46.5 Å². The Hall–Kier alpha value is -2.11. The van der Waals surface area contributed by atoms with E-state index < -0.39 is 0 Å². The van der Waals surface area contributed by atoms with E-state index in [4.69, 9.17) is 30.5 Å². The highest BCUT2D eigenvalue weighted by Gasteiger charge is 2.14. The van der Waals surface area contributed by atoms with E-state index in [0.717, 1.165) is 30.2 Å². The molecule has 23 heavy (non-hydrogen) atoms. The smallest absolute Gasteiger partial charge is 0.231 e. The maximum atomic E-state index is 6.22. The van der Waals surface area contributed by atoms with Crippen molar-refractivity contribution in [3.8, 4) is 23.0 Å². The molecule has 1 aliphatic heterocycles. The first-order chi connectivity index (χ1) is 11.2. The average Bonchev–Trinajstić information content (AvgIpc) is 3.02. The fourth-order valence-corrected chi connectivity index (χ4v) is 2.87. The van der Waals surface area contributed by atoms with Crippen LogP contribution in [0.1, 0.15) is 11.1 Å². The Balaban J connectivity index is 1.63. The molecule has 2 aromatic carbocycles. The van der Waals surface area contributed by atoms with Gasteiger partial charge in [0, 0.05) is 11.1 Å². The minimum Gasteiger partial charge on any atom is -0.493 e. The third kappa shape index (κ3) is 3.46. The van der Waals surface area contributed by atoms with Crippen molar-refractivity contribution in [1.82, 2.24) is 0 Å². The third-order valence-electron chi connectivity index (χ3n) is 3.69. The molecular formula is C17H19ClNO4+. The minimum absolute atomic E-state index is 0.298. The molecule has 1 heterocycles. The van der Waals surface area contributed by atoms with Crippen molar-refractivity contribution in [2.24, 2.45) is 0 Å². The second kappa shape index (κ2) is 6.98. The minimum atomic E-state index is 0.298. The Kier molecular flexibility index (Phi) is 4.79. The van der Waals surface area contributed by atoms with Crippen molar-refractivity contribution in [3.63, 3.8) is 0 Å². The molecule has 0 aromatic heterocycles.